The number of anilines is 1. The van der Waals surface area contributed by atoms with Crippen LogP contribution in [0.15, 0.2) is 24.3 Å². The van der Waals surface area contributed by atoms with E-state index in [2.05, 4.69) is 31.3 Å². The van der Waals surface area contributed by atoms with Gasteiger partial charge in [0.15, 0.2) is 5.82 Å². The lowest BCUT2D eigenvalue weighted by Gasteiger charge is -2.30. The minimum atomic E-state index is -1.22. The molecule has 2 heterocycles. The number of carboxylic acids is 1. The van der Waals surface area contributed by atoms with Crippen molar-refractivity contribution < 1.29 is 29.0 Å². The second-order valence-electron chi connectivity index (χ2n) is 8.73. The van der Waals surface area contributed by atoms with Gasteiger partial charge in [-0.3, -0.25) is 19.3 Å². The number of aromatic amines is 1. The number of ether oxygens (including phenoxy) is 1. The summed E-state index contributed by atoms with van der Waals surface area (Å²) in [5, 5.41) is 27.6. The maximum atomic E-state index is 13.6. The predicted octanol–water partition coefficient (Wildman–Crippen LogP) is 0.532. The molecule has 2 atom stereocenters. The molecule has 1 aromatic carbocycles. The summed E-state index contributed by atoms with van der Waals surface area (Å²) >= 11 is 0. The first-order valence-corrected chi connectivity index (χ1v) is 10.7. The van der Waals surface area contributed by atoms with Gasteiger partial charge in [-0.15, -0.1) is 10.2 Å². The van der Waals surface area contributed by atoms with Crippen molar-refractivity contribution in [3.63, 3.8) is 0 Å². The number of hydrogen-bond donors (Lipinski definition) is 4. The normalized spacial score (nSPS) is 15.9. The van der Waals surface area contributed by atoms with Crippen molar-refractivity contribution in [1.82, 2.24) is 31.3 Å². The van der Waals surface area contributed by atoms with Crippen molar-refractivity contribution in [2.24, 2.45) is 0 Å². The molecule has 13 nitrogen and oxygen atoms in total. The highest BCUT2D eigenvalue weighted by Crippen LogP contribution is 2.33. The van der Waals surface area contributed by atoms with Crippen LogP contribution in [0.4, 0.5) is 10.5 Å². The van der Waals surface area contributed by atoms with Gasteiger partial charge in [-0.05, 0) is 38.8 Å². The Morgan fingerprint density at radius 1 is 1.26 bits per heavy atom. The standard InChI is InChI=1S/C21H27N7O6/c1-21(2,3)34-20(33)23-13(8-9-17(29)30)19(32)28-14-7-5-4-6-12(14)10-15(28)18(31)22-11-16-24-26-27-25-16/h4-7,13,15H,8-11H2,1-3H3,(H,22,31)(H,23,33)(H,29,30)(H,24,25,26,27)/t13?,15-/m0/s1. The predicted molar refractivity (Wildman–Crippen MR) is 117 cm³/mol. The van der Waals surface area contributed by atoms with Gasteiger partial charge in [0, 0.05) is 18.5 Å². The van der Waals surface area contributed by atoms with Gasteiger partial charge in [-0.2, -0.15) is 5.21 Å². The maximum Gasteiger partial charge on any atom is 0.408 e. The first kappa shape index (κ1) is 24.6. The second kappa shape index (κ2) is 10.3. The van der Waals surface area contributed by atoms with Gasteiger partial charge < -0.3 is 20.5 Å². The van der Waals surface area contributed by atoms with E-state index in [9.17, 15) is 19.2 Å². The zero-order valence-corrected chi connectivity index (χ0v) is 19.1. The van der Waals surface area contributed by atoms with Crippen molar-refractivity contribution in [2.75, 3.05) is 4.90 Å². The molecular weight excluding hydrogens is 446 g/mol. The van der Waals surface area contributed by atoms with Crippen LogP contribution in [0.25, 0.3) is 0 Å². The van der Waals surface area contributed by atoms with Crippen molar-refractivity contribution in [2.45, 2.75) is 64.3 Å². The Kier molecular flexibility index (Phi) is 7.44. The number of alkyl carbamates (subject to hydrolysis) is 1. The molecule has 2 aromatic rings. The third-order valence-corrected chi connectivity index (χ3v) is 4.96. The summed E-state index contributed by atoms with van der Waals surface area (Å²) in [6.45, 7) is 5.01. The number of aliphatic carboxylic acids is 1. The molecule has 1 unspecified atom stereocenters. The van der Waals surface area contributed by atoms with E-state index in [-0.39, 0.29) is 31.6 Å². The second-order valence-corrected chi connectivity index (χ2v) is 8.73. The summed E-state index contributed by atoms with van der Waals surface area (Å²) in [5.74, 6) is -1.92. The van der Waals surface area contributed by atoms with Gasteiger partial charge in [-0.1, -0.05) is 23.4 Å². The number of carbonyl (C=O) groups is 4. The third kappa shape index (κ3) is 6.27. The van der Waals surface area contributed by atoms with E-state index in [0.717, 1.165) is 5.56 Å². The number of nitrogens with zero attached hydrogens (tertiary/aromatic N) is 4. The van der Waals surface area contributed by atoms with Gasteiger partial charge in [0.2, 0.25) is 11.8 Å². The highest BCUT2D eigenvalue weighted by molar-refractivity contribution is 6.06. The monoisotopic (exact) mass is 473 g/mol. The smallest absolute Gasteiger partial charge is 0.408 e. The van der Waals surface area contributed by atoms with Crippen molar-refractivity contribution in [3.8, 4) is 0 Å². The number of benzene rings is 1. The minimum Gasteiger partial charge on any atom is -0.481 e. The number of rotatable bonds is 8. The molecule has 0 saturated carbocycles. The Morgan fingerprint density at radius 2 is 2.00 bits per heavy atom. The first-order valence-electron chi connectivity index (χ1n) is 10.7. The fourth-order valence-electron chi connectivity index (χ4n) is 3.55. The summed E-state index contributed by atoms with van der Waals surface area (Å²) in [4.78, 5) is 51.5. The molecule has 1 aromatic heterocycles. The van der Waals surface area contributed by atoms with Crippen molar-refractivity contribution in [3.05, 3.63) is 35.7 Å². The van der Waals surface area contributed by atoms with Crippen LogP contribution in [0.3, 0.4) is 0 Å². The van der Waals surface area contributed by atoms with E-state index in [4.69, 9.17) is 9.84 Å². The van der Waals surface area contributed by atoms with E-state index in [1.54, 1.807) is 45.0 Å². The average molecular weight is 473 g/mol. The molecule has 0 fully saturated rings. The Balaban J connectivity index is 1.84. The van der Waals surface area contributed by atoms with E-state index < -0.39 is 41.6 Å². The molecular formula is C21H27N7O6. The Bertz CT molecular complexity index is 1050. The summed E-state index contributed by atoms with van der Waals surface area (Å²) in [7, 11) is 0. The Morgan fingerprint density at radius 3 is 2.65 bits per heavy atom. The quantitative estimate of drug-likeness (QED) is 0.425. The third-order valence-electron chi connectivity index (χ3n) is 4.96. The molecule has 1 aliphatic heterocycles. The van der Waals surface area contributed by atoms with E-state index in [0.29, 0.717) is 5.69 Å². The highest BCUT2D eigenvalue weighted by atomic mass is 16.6. The average Bonchev–Trinajstić information content (AvgIpc) is 3.40. The van der Waals surface area contributed by atoms with Crippen LogP contribution in [0, 0.1) is 0 Å². The molecule has 1 aliphatic rings. The van der Waals surface area contributed by atoms with E-state index >= 15 is 0 Å². The minimum absolute atomic E-state index is 0.00279. The number of H-pyrrole nitrogens is 1. The molecule has 0 spiro atoms. The Hall–Kier alpha value is -4.03. The van der Waals surface area contributed by atoms with Crippen molar-refractivity contribution in [1.29, 1.82) is 0 Å². The molecule has 0 bridgehead atoms. The number of tetrazole rings is 1. The lowest BCUT2D eigenvalue weighted by atomic mass is 10.1. The molecule has 0 aliphatic carbocycles. The number of para-hydroxylation sites is 1. The maximum absolute atomic E-state index is 13.6. The van der Waals surface area contributed by atoms with Crippen LogP contribution < -0.4 is 15.5 Å². The SMILES string of the molecule is CC(C)(C)OC(=O)NC(CCC(=O)O)C(=O)N1c2ccccc2C[C@H]1C(=O)NCc1nn[nH]n1. The summed E-state index contributed by atoms with van der Waals surface area (Å²) in [5.41, 5.74) is 0.464. The molecule has 0 saturated heterocycles. The summed E-state index contributed by atoms with van der Waals surface area (Å²) < 4.78 is 5.24. The number of nitrogens with one attached hydrogen (secondary N) is 3. The highest BCUT2D eigenvalue weighted by Gasteiger charge is 2.41. The molecule has 4 N–H and O–H groups in total. The van der Waals surface area contributed by atoms with E-state index in [1.165, 1.54) is 4.90 Å². The van der Waals surface area contributed by atoms with Crippen LogP contribution in [0.2, 0.25) is 0 Å². The van der Waals surface area contributed by atoms with Gasteiger partial charge in [0.05, 0.1) is 6.54 Å². The molecule has 13 heteroatoms. The number of hydrogen-bond acceptors (Lipinski definition) is 8. The number of aromatic nitrogens is 4. The fraction of sp³-hybridized carbons (Fsp3) is 0.476. The fourth-order valence-corrected chi connectivity index (χ4v) is 3.55. The molecule has 34 heavy (non-hydrogen) atoms. The first-order chi connectivity index (χ1) is 16.0. The largest absolute Gasteiger partial charge is 0.481 e. The molecule has 3 rings (SSSR count). The van der Waals surface area contributed by atoms with Crippen LogP contribution >= 0.6 is 0 Å². The van der Waals surface area contributed by atoms with Gasteiger partial charge in [0.1, 0.15) is 17.7 Å². The van der Waals surface area contributed by atoms with Gasteiger partial charge in [0.25, 0.3) is 0 Å². The summed E-state index contributed by atoms with van der Waals surface area (Å²) in [6.07, 6.45) is -1.15. The number of fused-ring (bicyclic) bond motifs is 1. The van der Waals surface area contributed by atoms with Crippen LogP contribution in [0.5, 0.6) is 0 Å². The lowest BCUT2D eigenvalue weighted by molar-refractivity contribution is -0.137. The Labute approximate surface area is 195 Å². The number of carboxylic acid groups (broad SMARTS) is 1. The number of carbonyl (C=O) groups excluding carboxylic acids is 3. The van der Waals surface area contributed by atoms with Crippen LogP contribution in [0.1, 0.15) is 45.0 Å². The van der Waals surface area contributed by atoms with Gasteiger partial charge in [-0.25, -0.2) is 4.79 Å². The molecule has 182 valence electrons. The summed E-state index contributed by atoms with van der Waals surface area (Å²) in [6, 6.07) is 4.89. The number of amides is 3. The lowest BCUT2D eigenvalue weighted by Crippen LogP contribution is -2.55. The van der Waals surface area contributed by atoms with Crippen LogP contribution in [-0.2, 0) is 32.1 Å². The topological polar surface area (TPSA) is 180 Å². The van der Waals surface area contributed by atoms with Gasteiger partial charge >= 0.3 is 12.1 Å². The van der Waals surface area contributed by atoms with Crippen LogP contribution in [-0.4, -0.2) is 67.3 Å². The van der Waals surface area contributed by atoms with E-state index in [1.807, 2.05) is 0 Å². The molecule has 3 amide bonds. The van der Waals surface area contributed by atoms with Crippen molar-refractivity contribution >= 4 is 29.6 Å². The molecule has 0 radical (unpaired) electrons. The zero-order valence-electron chi connectivity index (χ0n) is 19.1. The zero-order chi connectivity index (χ0) is 24.9.